The summed E-state index contributed by atoms with van der Waals surface area (Å²) in [4.78, 5) is 24.5. The standard InChI is InChI=1S/C18H13NO5S/c20-17(19-12-5-6-13-14(8-12)24-10-23-13)9-22-18(21)16-7-11-3-1-2-4-15(11)25-16/h1-8H,9-10H2,(H,19,20). The first-order valence-corrected chi connectivity index (χ1v) is 8.36. The van der Waals surface area contributed by atoms with Gasteiger partial charge in [-0.25, -0.2) is 4.79 Å². The summed E-state index contributed by atoms with van der Waals surface area (Å²) in [5.41, 5.74) is 0.548. The minimum absolute atomic E-state index is 0.166. The van der Waals surface area contributed by atoms with E-state index in [0.717, 1.165) is 10.1 Å². The summed E-state index contributed by atoms with van der Waals surface area (Å²) in [6.07, 6.45) is 0. The van der Waals surface area contributed by atoms with Gasteiger partial charge >= 0.3 is 5.97 Å². The van der Waals surface area contributed by atoms with E-state index < -0.39 is 11.9 Å². The molecule has 1 N–H and O–H groups in total. The summed E-state index contributed by atoms with van der Waals surface area (Å²) in [7, 11) is 0. The fourth-order valence-corrected chi connectivity index (χ4v) is 3.41. The maximum Gasteiger partial charge on any atom is 0.348 e. The number of carbonyl (C=O) groups excluding carboxylic acids is 2. The molecule has 0 atom stereocenters. The van der Waals surface area contributed by atoms with E-state index in [4.69, 9.17) is 14.2 Å². The molecular weight excluding hydrogens is 342 g/mol. The van der Waals surface area contributed by atoms with Crippen molar-refractivity contribution in [1.82, 2.24) is 0 Å². The van der Waals surface area contributed by atoms with Crippen molar-refractivity contribution in [2.45, 2.75) is 0 Å². The first-order valence-electron chi connectivity index (χ1n) is 7.54. The average Bonchev–Trinajstić information content (AvgIpc) is 3.25. The third-order valence-corrected chi connectivity index (χ3v) is 4.71. The summed E-state index contributed by atoms with van der Waals surface area (Å²) >= 11 is 1.34. The van der Waals surface area contributed by atoms with Gasteiger partial charge in [-0.2, -0.15) is 0 Å². The maximum atomic E-state index is 12.1. The largest absolute Gasteiger partial charge is 0.454 e. The number of thiophene rings is 1. The fraction of sp³-hybridized carbons (Fsp3) is 0.111. The van der Waals surface area contributed by atoms with Gasteiger partial charge in [-0.15, -0.1) is 11.3 Å². The van der Waals surface area contributed by atoms with Crippen LogP contribution in [0.5, 0.6) is 11.5 Å². The summed E-state index contributed by atoms with van der Waals surface area (Å²) < 4.78 is 16.5. The van der Waals surface area contributed by atoms with E-state index in [2.05, 4.69) is 5.32 Å². The number of ether oxygens (including phenoxy) is 3. The third kappa shape index (κ3) is 3.27. The van der Waals surface area contributed by atoms with Crippen molar-refractivity contribution in [3.63, 3.8) is 0 Å². The maximum absolute atomic E-state index is 12.1. The number of anilines is 1. The normalized spacial score (nSPS) is 12.2. The number of benzene rings is 2. The average molecular weight is 355 g/mol. The molecule has 4 rings (SSSR count). The van der Waals surface area contributed by atoms with E-state index in [9.17, 15) is 9.59 Å². The van der Waals surface area contributed by atoms with Crippen molar-refractivity contribution in [2.24, 2.45) is 0 Å². The van der Waals surface area contributed by atoms with Gasteiger partial charge in [0.25, 0.3) is 5.91 Å². The lowest BCUT2D eigenvalue weighted by atomic mass is 10.2. The second-order valence-corrected chi connectivity index (χ2v) is 6.42. The van der Waals surface area contributed by atoms with Crippen molar-refractivity contribution >= 4 is 39.0 Å². The Kier molecular flexibility index (Phi) is 3.99. The van der Waals surface area contributed by atoms with Crippen LogP contribution in [-0.2, 0) is 9.53 Å². The lowest BCUT2D eigenvalue weighted by Crippen LogP contribution is -2.20. The Morgan fingerprint density at radius 1 is 1.08 bits per heavy atom. The number of esters is 1. The van der Waals surface area contributed by atoms with Crippen LogP contribution in [0.1, 0.15) is 9.67 Å². The number of hydrogen-bond acceptors (Lipinski definition) is 6. The van der Waals surface area contributed by atoms with Crippen LogP contribution in [0.2, 0.25) is 0 Å². The van der Waals surface area contributed by atoms with E-state index >= 15 is 0 Å². The lowest BCUT2D eigenvalue weighted by Gasteiger charge is -2.06. The van der Waals surface area contributed by atoms with Gasteiger partial charge in [-0.05, 0) is 29.7 Å². The van der Waals surface area contributed by atoms with Crippen LogP contribution < -0.4 is 14.8 Å². The Labute approximate surface area is 146 Å². The number of amides is 1. The molecule has 0 bridgehead atoms. The fourth-order valence-electron chi connectivity index (χ4n) is 2.46. The first kappa shape index (κ1) is 15.5. The molecule has 0 aliphatic carbocycles. The molecule has 1 aliphatic heterocycles. The Bertz CT molecular complexity index is 932. The van der Waals surface area contributed by atoms with Crippen LogP contribution in [0.25, 0.3) is 10.1 Å². The smallest absolute Gasteiger partial charge is 0.348 e. The summed E-state index contributed by atoms with van der Waals surface area (Å²) in [5.74, 6) is 0.268. The molecule has 7 heteroatoms. The lowest BCUT2D eigenvalue weighted by molar-refractivity contribution is -0.119. The van der Waals surface area contributed by atoms with Crippen molar-refractivity contribution in [2.75, 3.05) is 18.7 Å². The molecule has 3 aromatic rings. The van der Waals surface area contributed by atoms with Crippen molar-refractivity contribution in [3.8, 4) is 11.5 Å². The second kappa shape index (κ2) is 6.45. The molecule has 0 spiro atoms. The van der Waals surface area contributed by atoms with Crippen LogP contribution in [0, 0.1) is 0 Å². The molecule has 0 radical (unpaired) electrons. The molecule has 1 aliphatic rings. The second-order valence-electron chi connectivity index (χ2n) is 5.34. The molecule has 2 heterocycles. The highest BCUT2D eigenvalue weighted by Crippen LogP contribution is 2.34. The van der Waals surface area contributed by atoms with Crippen LogP contribution >= 0.6 is 11.3 Å². The van der Waals surface area contributed by atoms with Crippen molar-refractivity contribution < 1.29 is 23.8 Å². The molecule has 1 amide bonds. The number of fused-ring (bicyclic) bond motifs is 2. The number of carbonyl (C=O) groups is 2. The zero-order valence-corrected chi connectivity index (χ0v) is 13.8. The van der Waals surface area contributed by atoms with Gasteiger partial charge in [0.05, 0.1) is 0 Å². The van der Waals surface area contributed by atoms with Crippen LogP contribution in [0.4, 0.5) is 5.69 Å². The van der Waals surface area contributed by atoms with Gasteiger partial charge in [0.1, 0.15) is 4.88 Å². The predicted octanol–water partition coefficient (Wildman–Crippen LogP) is 3.43. The summed E-state index contributed by atoms with van der Waals surface area (Å²) in [6.45, 7) is -0.193. The molecule has 0 unspecified atom stereocenters. The minimum atomic E-state index is -0.512. The molecule has 2 aromatic carbocycles. The van der Waals surface area contributed by atoms with E-state index in [1.165, 1.54) is 11.3 Å². The van der Waals surface area contributed by atoms with Gasteiger partial charge < -0.3 is 19.5 Å². The van der Waals surface area contributed by atoms with Crippen LogP contribution in [0.15, 0.2) is 48.5 Å². The van der Waals surface area contributed by atoms with Crippen molar-refractivity contribution in [1.29, 1.82) is 0 Å². The monoisotopic (exact) mass is 355 g/mol. The molecule has 0 saturated carbocycles. The van der Waals surface area contributed by atoms with E-state index in [1.54, 1.807) is 24.3 Å². The van der Waals surface area contributed by atoms with Gasteiger partial charge in [0.15, 0.2) is 18.1 Å². The number of nitrogens with one attached hydrogen (secondary N) is 1. The highest BCUT2D eigenvalue weighted by atomic mass is 32.1. The number of hydrogen-bond donors (Lipinski definition) is 1. The summed E-state index contributed by atoms with van der Waals surface area (Å²) in [5, 5.41) is 3.63. The molecule has 126 valence electrons. The van der Waals surface area contributed by atoms with Crippen molar-refractivity contribution in [3.05, 3.63) is 53.4 Å². The third-order valence-electron chi connectivity index (χ3n) is 3.62. The van der Waals surface area contributed by atoms with Gasteiger partial charge in [0.2, 0.25) is 6.79 Å². The van der Waals surface area contributed by atoms with E-state index in [0.29, 0.717) is 22.1 Å². The quantitative estimate of drug-likeness (QED) is 0.726. The topological polar surface area (TPSA) is 73.9 Å². The summed E-state index contributed by atoms with van der Waals surface area (Å²) in [6, 6.07) is 14.5. The van der Waals surface area contributed by atoms with E-state index in [-0.39, 0.29) is 13.4 Å². The first-order chi connectivity index (χ1) is 12.2. The SMILES string of the molecule is O=C(COC(=O)c1cc2ccccc2s1)Nc1ccc2c(c1)OCO2. The Morgan fingerprint density at radius 3 is 2.80 bits per heavy atom. The zero-order valence-electron chi connectivity index (χ0n) is 13.0. The molecule has 25 heavy (non-hydrogen) atoms. The Hall–Kier alpha value is -3.06. The van der Waals surface area contributed by atoms with E-state index in [1.807, 2.05) is 24.3 Å². The predicted molar refractivity (Wildman–Crippen MR) is 93.3 cm³/mol. The van der Waals surface area contributed by atoms with Gasteiger partial charge in [-0.3, -0.25) is 4.79 Å². The molecule has 1 aromatic heterocycles. The highest BCUT2D eigenvalue weighted by molar-refractivity contribution is 7.20. The Balaban J connectivity index is 1.35. The van der Waals surface area contributed by atoms with Crippen LogP contribution in [-0.4, -0.2) is 25.3 Å². The molecule has 0 saturated heterocycles. The van der Waals surface area contributed by atoms with Gasteiger partial charge in [-0.1, -0.05) is 18.2 Å². The Morgan fingerprint density at radius 2 is 1.92 bits per heavy atom. The number of rotatable bonds is 4. The van der Waals surface area contributed by atoms with Crippen LogP contribution in [0.3, 0.4) is 0 Å². The molecular formula is C18H13NO5S. The molecule has 6 nitrogen and oxygen atoms in total. The minimum Gasteiger partial charge on any atom is -0.454 e. The van der Waals surface area contributed by atoms with Gasteiger partial charge in [0, 0.05) is 16.5 Å². The molecule has 0 fully saturated rings. The zero-order chi connectivity index (χ0) is 17.2. The highest BCUT2D eigenvalue weighted by Gasteiger charge is 2.16.